The number of nitrogens with one attached hydrogen (secondary N) is 1. The molecule has 0 aliphatic carbocycles. The van der Waals surface area contributed by atoms with E-state index in [1.165, 1.54) is 0 Å². The molecule has 1 aromatic carbocycles. The quantitative estimate of drug-likeness (QED) is 0.892. The summed E-state index contributed by atoms with van der Waals surface area (Å²) in [4.78, 5) is 14.3. The van der Waals surface area contributed by atoms with Crippen LogP contribution in [0.5, 0.6) is 0 Å². The summed E-state index contributed by atoms with van der Waals surface area (Å²) in [7, 11) is 0. The number of benzene rings is 1. The summed E-state index contributed by atoms with van der Waals surface area (Å²) in [6.45, 7) is 4.10. The van der Waals surface area contributed by atoms with Crippen LogP contribution in [0.2, 0.25) is 5.02 Å². The highest BCUT2D eigenvalue weighted by molar-refractivity contribution is 6.30. The molecule has 2 saturated heterocycles. The van der Waals surface area contributed by atoms with Gasteiger partial charge in [0.05, 0.1) is 19.8 Å². The Morgan fingerprint density at radius 1 is 1.35 bits per heavy atom. The van der Waals surface area contributed by atoms with E-state index in [1.807, 2.05) is 24.3 Å². The molecular weight excluding hydrogens is 316 g/mol. The second kappa shape index (κ2) is 8.11. The first-order chi connectivity index (χ1) is 11.2. The maximum atomic E-state index is 12.1. The molecule has 3 rings (SSSR count). The van der Waals surface area contributed by atoms with E-state index < -0.39 is 0 Å². The van der Waals surface area contributed by atoms with Gasteiger partial charge in [-0.15, -0.1) is 0 Å². The SMILES string of the molecule is O=C(CN1CCCC(C2OCCO2)C1)NCc1cccc(Cl)c1. The molecule has 1 N–H and O–H groups in total. The number of likely N-dealkylation sites (tertiary alicyclic amines) is 1. The fraction of sp³-hybridized carbons (Fsp3) is 0.588. The minimum atomic E-state index is -0.0904. The Bertz CT molecular complexity index is 534. The summed E-state index contributed by atoms with van der Waals surface area (Å²) in [5.74, 6) is 0.408. The van der Waals surface area contributed by atoms with Crippen LogP contribution >= 0.6 is 11.6 Å². The fourth-order valence-electron chi connectivity index (χ4n) is 3.21. The number of amides is 1. The lowest BCUT2D eigenvalue weighted by Crippen LogP contribution is -2.45. The van der Waals surface area contributed by atoms with Gasteiger partial charge in [-0.05, 0) is 37.1 Å². The lowest BCUT2D eigenvalue weighted by Gasteiger charge is -2.34. The van der Waals surface area contributed by atoms with Crippen molar-refractivity contribution in [3.63, 3.8) is 0 Å². The number of rotatable bonds is 5. The van der Waals surface area contributed by atoms with Crippen molar-refractivity contribution in [3.8, 4) is 0 Å². The van der Waals surface area contributed by atoms with Gasteiger partial charge < -0.3 is 14.8 Å². The van der Waals surface area contributed by atoms with Crippen molar-refractivity contribution >= 4 is 17.5 Å². The first kappa shape index (κ1) is 16.7. The lowest BCUT2D eigenvalue weighted by atomic mass is 9.97. The average molecular weight is 339 g/mol. The van der Waals surface area contributed by atoms with E-state index in [0.29, 0.717) is 37.2 Å². The van der Waals surface area contributed by atoms with Crippen molar-refractivity contribution in [3.05, 3.63) is 34.9 Å². The molecule has 0 bridgehead atoms. The van der Waals surface area contributed by atoms with Crippen molar-refractivity contribution in [1.82, 2.24) is 10.2 Å². The highest BCUT2D eigenvalue weighted by Gasteiger charge is 2.31. The predicted molar refractivity (Wildman–Crippen MR) is 88.2 cm³/mol. The highest BCUT2D eigenvalue weighted by atomic mass is 35.5. The van der Waals surface area contributed by atoms with E-state index in [1.54, 1.807) is 0 Å². The maximum absolute atomic E-state index is 12.1. The van der Waals surface area contributed by atoms with Crippen molar-refractivity contribution < 1.29 is 14.3 Å². The van der Waals surface area contributed by atoms with Crippen LogP contribution in [-0.2, 0) is 20.8 Å². The minimum absolute atomic E-state index is 0.0406. The topological polar surface area (TPSA) is 50.8 Å². The Kier molecular flexibility index (Phi) is 5.89. The van der Waals surface area contributed by atoms with Gasteiger partial charge in [-0.3, -0.25) is 9.69 Å². The van der Waals surface area contributed by atoms with E-state index in [-0.39, 0.29) is 12.2 Å². The Morgan fingerprint density at radius 3 is 2.96 bits per heavy atom. The third-order valence-electron chi connectivity index (χ3n) is 4.32. The van der Waals surface area contributed by atoms with E-state index in [2.05, 4.69) is 10.2 Å². The van der Waals surface area contributed by atoms with E-state index in [4.69, 9.17) is 21.1 Å². The Labute approximate surface area is 141 Å². The molecule has 0 radical (unpaired) electrons. The van der Waals surface area contributed by atoms with Gasteiger partial charge in [0, 0.05) is 24.0 Å². The number of hydrogen-bond acceptors (Lipinski definition) is 4. The van der Waals surface area contributed by atoms with Gasteiger partial charge in [-0.25, -0.2) is 0 Å². The normalized spacial score (nSPS) is 23.1. The van der Waals surface area contributed by atoms with Crippen LogP contribution < -0.4 is 5.32 Å². The van der Waals surface area contributed by atoms with Gasteiger partial charge >= 0.3 is 0 Å². The van der Waals surface area contributed by atoms with Crippen molar-refractivity contribution in [1.29, 1.82) is 0 Å². The first-order valence-electron chi connectivity index (χ1n) is 8.17. The number of hydrogen-bond donors (Lipinski definition) is 1. The average Bonchev–Trinajstić information content (AvgIpc) is 3.08. The Morgan fingerprint density at radius 2 is 2.17 bits per heavy atom. The molecule has 0 aromatic heterocycles. The molecule has 23 heavy (non-hydrogen) atoms. The second-order valence-corrected chi connectivity index (χ2v) is 6.59. The largest absolute Gasteiger partial charge is 0.351 e. The summed E-state index contributed by atoms with van der Waals surface area (Å²) in [5.41, 5.74) is 1.01. The minimum Gasteiger partial charge on any atom is -0.351 e. The third kappa shape index (κ3) is 4.91. The van der Waals surface area contributed by atoms with Crippen LogP contribution in [-0.4, -0.2) is 49.9 Å². The number of nitrogens with zero attached hydrogens (tertiary/aromatic N) is 1. The number of halogens is 1. The fourth-order valence-corrected chi connectivity index (χ4v) is 3.43. The molecule has 0 saturated carbocycles. The Hall–Kier alpha value is -1.14. The van der Waals surface area contributed by atoms with Gasteiger partial charge in [0.2, 0.25) is 5.91 Å². The van der Waals surface area contributed by atoms with Gasteiger partial charge in [0.15, 0.2) is 6.29 Å². The molecule has 0 spiro atoms. The Balaban J connectivity index is 1.43. The molecule has 1 atom stereocenters. The standard InChI is InChI=1S/C17H23ClN2O3/c18-15-5-1-3-13(9-15)10-19-16(21)12-20-6-2-4-14(11-20)17-22-7-8-23-17/h1,3,5,9,14,17H,2,4,6-8,10-12H2,(H,19,21). The summed E-state index contributed by atoms with van der Waals surface area (Å²) < 4.78 is 11.2. The molecular formula is C17H23ClN2O3. The summed E-state index contributed by atoms with van der Waals surface area (Å²) in [6, 6.07) is 7.54. The smallest absolute Gasteiger partial charge is 0.234 e. The molecule has 2 heterocycles. The number of piperidine rings is 1. The molecule has 1 aromatic rings. The van der Waals surface area contributed by atoms with Crippen LogP contribution in [0.1, 0.15) is 18.4 Å². The number of carbonyl (C=O) groups is 1. The second-order valence-electron chi connectivity index (χ2n) is 6.15. The lowest BCUT2D eigenvalue weighted by molar-refractivity contribution is -0.125. The molecule has 1 unspecified atom stereocenters. The molecule has 1 amide bonds. The summed E-state index contributed by atoms with van der Waals surface area (Å²) >= 11 is 5.95. The zero-order valence-corrected chi connectivity index (χ0v) is 13.9. The molecule has 5 nitrogen and oxygen atoms in total. The number of ether oxygens (including phenoxy) is 2. The van der Waals surface area contributed by atoms with E-state index in [9.17, 15) is 4.79 Å². The van der Waals surface area contributed by atoms with Crippen LogP contribution in [0.3, 0.4) is 0 Å². The van der Waals surface area contributed by atoms with Crippen LogP contribution in [0, 0.1) is 5.92 Å². The molecule has 126 valence electrons. The van der Waals surface area contributed by atoms with Crippen molar-refractivity contribution in [2.24, 2.45) is 5.92 Å². The number of carbonyl (C=O) groups excluding carboxylic acids is 1. The third-order valence-corrected chi connectivity index (χ3v) is 4.56. The predicted octanol–water partition coefficient (Wildman–Crippen LogP) is 2.04. The van der Waals surface area contributed by atoms with Gasteiger partial charge in [-0.1, -0.05) is 23.7 Å². The zero-order valence-electron chi connectivity index (χ0n) is 13.2. The van der Waals surface area contributed by atoms with Crippen LogP contribution in [0.4, 0.5) is 0 Å². The van der Waals surface area contributed by atoms with Gasteiger partial charge in [-0.2, -0.15) is 0 Å². The van der Waals surface area contributed by atoms with E-state index in [0.717, 1.165) is 31.5 Å². The molecule has 6 heteroatoms. The van der Waals surface area contributed by atoms with E-state index >= 15 is 0 Å². The van der Waals surface area contributed by atoms with Gasteiger partial charge in [0.1, 0.15) is 0 Å². The van der Waals surface area contributed by atoms with Gasteiger partial charge in [0.25, 0.3) is 0 Å². The highest BCUT2D eigenvalue weighted by Crippen LogP contribution is 2.24. The summed E-state index contributed by atoms with van der Waals surface area (Å²) in [6.07, 6.45) is 2.09. The molecule has 2 aliphatic heterocycles. The molecule has 2 fully saturated rings. The maximum Gasteiger partial charge on any atom is 0.234 e. The van der Waals surface area contributed by atoms with Crippen LogP contribution in [0.25, 0.3) is 0 Å². The monoisotopic (exact) mass is 338 g/mol. The van der Waals surface area contributed by atoms with Crippen molar-refractivity contribution in [2.45, 2.75) is 25.7 Å². The first-order valence-corrected chi connectivity index (χ1v) is 8.55. The summed E-state index contributed by atoms with van der Waals surface area (Å²) in [5, 5.41) is 3.64. The zero-order chi connectivity index (χ0) is 16.1. The molecule has 2 aliphatic rings. The van der Waals surface area contributed by atoms with Crippen LogP contribution in [0.15, 0.2) is 24.3 Å². The van der Waals surface area contributed by atoms with Crippen molar-refractivity contribution in [2.75, 3.05) is 32.8 Å².